The molecule has 1 aromatic heterocycles. The summed E-state index contributed by atoms with van der Waals surface area (Å²) in [5.41, 5.74) is 6.38. The Morgan fingerprint density at radius 3 is 2.22 bits per heavy atom. The molecule has 0 saturated carbocycles. The predicted molar refractivity (Wildman–Crippen MR) is 102 cm³/mol. The third-order valence-corrected chi connectivity index (χ3v) is 3.75. The molecule has 0 aliphatic carbocycles. The van der Waals surface area contributed by atoms with Crippen molar-refractivity contribution in [2.45, 2.75) is 20.3 Å². The van der Waals surface area contributed by atoms with Gasteiger partial charge < -0.3 is 0 Å². The molecule has 0 aliphatic rings. The van der Waals surface area contributed by atoms with E-state index in [1.54, 1.807) is 4.68 Å². The molecular formula is C20H21N5O2. The molecule has 27 heavy (non-hydrogen) atoms. The third kappa shape index (κ3) is 4.58. The quantitative estimate of drug-likeness (QED) is 0.682. The average Bonchev–Trinajstić information content (AvgIpc) is 3.12. The molecule has 3 aromatic rings. The number of benzene rings is 2. The van der Waals surface area contributed by atoms with Crippen molar-refractivity contribution in [1.82, 2.24) is 25.6 Å². The number of rotatable bonds is 5. The maximum Gasteiger partial charge on any atom is 0.309 e. The van der Waals surface area contributed by atoms with E-state index < -0.39 is 5.91 Å². The normalized spacial score (nSPS) is 10.6. The van der Waals surface area contributed by atoms with Gasteiger partial charge in [-0.2, -0.15) is 0 Å². The Morgan fingerprint density at radius 2 is 1.59 bits per heavy atom. The van der Waals surface area contributed by atoms with Gasteiger partial charge >= 0.3 is 5.91 Å². The van der Waals surface area contributed by atoms with Crippen LogP contribution in [-0.4, -0.2) is 26.6 Å². The van der Waals surface area contributed by atoms with Gasteiger partial charge in [0.25, 0.3) is 0 Å². The minimum Gasteiger partial charge on any atom is -0.273 e. The Morgan fingerprint density at radius 1 is 0.963 bits per heavy atom. The van der Waals surface area contributed by atoms with Crippen LogP contribution in [0.25, 0.3) is 17.1 Å². The Kier molecular flexibility index (Phi) is 5.61. The van der Waals surface area contributed by atoms with Crippen LogP contribution < -0.4 is 10.9 Å². The van der Waals surface area contributed by atoms with Crippen LogP contribution in [0.4, 0.5) is 0 Å². The predicted octanol–water partition coefficient (Wildman–Crippen LogP) is 2.74. The van der Waals surface area contributed by atoms with E-state index in [-0.39, 0.29) is 17.6 Å². The van der Waals surface area contributed by atoms with Gasteiger partial charge in [-0.3, -0.25) is 20.4 Å². The molecule has 0 saturated heterocycles. The fraction of sp³-hybridized carbons (Fsp3) is 0.200. The van der Waals surface area contributed by atoms with Crippen LogP contribution in [0.5, 0.6) is 0 Å². The molecule has 0 bridgehead atoms. The molecule has 0 radical (unpaired) electrons. The fourth-order valence-electron chi connectivity index (χ4n) is 2.54. The first kappa shape index (κ1) is 18.3. The van der Waals surface area contributed by atoms with Crippen LogP contribution in [0.2, 0.25) is 0 Å². The largest absolute Gasteiger partial charge is 0.309 e. The lowest BCUT2D eigenvalue weighted by molar-refractivity contribution is -0.122. The van der Waals surface area contributed by atoms with Crippen molar-refractivity contribution in [3.8, 4) is 17.1 Å². The molecule has 2 aromatic carbocycles. The zero-order valence-electron chi connectivity index (χ0n) is 15.2. The molecule has 2 amide bonds. The number of hydrazine groups is 1. The van der Waals surface area contributed by atoms with E-state index in [1.165, 1.54) is 0 Å². The zero-order valence-corrected chi connectivity index (χ0v) is 15.2. The van der Waals surface area contributed by atoms with Crippen LogP contribution in [0.1, 0.15) is 30.9 Å². The summed E-state index contributed by atoms with van der Waals surface area (Å²) in [6.07, 6.45) is 0.321. The first-order valence-electron chi connectivity index (χ1n) is 8.71. The van der Waals surface area contributed by atoms with Crippen molar-refractivity contribution in [1.29, 1.82) is 0 Å². The van der Waals surface area contributed by atoms with E-state index in [4.69, 9.17) is 0 Å². The smallest absolute Gasteiger partial charge is 0.273 e. The van der Waals surface area contributed by atoms with Crippen LogP contribution >= 0.6 is 0 Å². The molecule has 0 fully saturated rings. The van der Waals surface area contributed by atoms with Crippen molar-refractivity contribution >= 4 is 11.8 Å². The Labute approximate surface area is 157 Å². The number of carbonyl (C=O) groups excluding carboxylic acids is 2. The molecular weight excluding hydrogens is 342 g/mol. The first-order chi connectivity index (χ1) is 13.0. The average molecular weight is 363 g/mol. The van der Waals surface area contributed by atoms with Gasteiger partial charge in [0, 0.05) is 12.0 Å². The number of amides is 2. The summed E-state index contributed by atoms with van der Waals surface area (Å²) in [7, 11) is 0. The number of nitrogens with zero attached hydrogens (tertiary/aromatic N) is 3. The maximum atomic E-state index is 12.4. The van der Waals surface area contributed by atoms with Crippen molar-refractivity contribution in [3.05, 3.63) is 66.5 Å². The van der Waals surface area contributed by atoms with Crippen molar-refractivity contribution in [3.63, 3.8) is 0 Å². The molecule has 7 heteroatoms. The number of para-hydroxylation sites is 1. The standard InChI is InChI=1S/C20H21N5O2/c1-14(2)13-17(26)22-23-20(27)18-21-19(15-9-5-3-6-10-15)25(24-18)16-11-7-4-8-12-16/h3-12,14H,13H2,1-2H3,(H,22,26)(H,23,27). The summed E-state index contributed by atoms with van der Waals surface area (Å²) in [5.74, 6) is -0.117. The molecule has 138 valence electrons. The van der Waals surface area contributed by atoms with Crippen LogP contribution in [0.15, 0.2) is 60.7 Å². The van der Waals surface area contributed by atoms with Crippen LogP contribution in [-0.2, 0) is 4.79 Å². The molecule has 0 unspecified atom stereocenters. The molecule has 0 atom stereocenters. The lowest BCUT2D eigenvalue weighted by atomic mass is 10.1. The zero-order chi connectivity index (χ0) is 19.2. The van der Waals surface area contributed by atoms with Gasteiger partial charge in [-0.15, -0.1) is 5.10 Å². The number of aromatic nitrogens is 3. The number of nitrogens with one attached hydrogen (secondary N) is 2. The summed E-state index contributed by atoms with van der Waals surface area (Å²) < 4.78 is 1.61. The highest BCUT2D eigenvalue weighted by Gasteiger charge is 2.19. The number of hydrogen-bond acceptors (Lipinski definition) is 4. The van der Waals surface area contributed by atoms with E-state index in [0.717, 1.165) is 11.3 Å². The van der Waals surface area contributed by atoms with E-state index in [9.17, 15) is 9.59 Å². The summed E-state index contributed by atoms with van der Waals surface area (Å²) in [6.45, 7) is 3.85. The Balaban J connectivity index is 1.88. The Bertz CT molecular complexity index is 863. The lowest BCUT2D eigenvalue weighted by Crippen LogP contribution is -2.42. The van der Waals surface area contributed by atoms with Crippen LogP contribution in [0.3, 0.4) is 0 Å². The van der Waals surface area contributed by atoms with Gasteiger partial charge in [0.2, 0.25) is 11.7 Å². The van der Waals surface area contributed by atoms with E-state index in [2.05, 4.69) is 20.9 Å². The molecule has 7 nitrogen and oxygen atoms in total. The second-order valence-electron chi connectivity index (χ2n) is 6.47. The molecule has 0 spiro atoms. The fourth-order valence-corrected chi connectivity index (χ4v) is 2.54. The molecule has 1 heterocycles. The summed E-state index contributed by atoms with van der Waals surface area (Å²) in [4.78, 5) is 28.5. The molecule has 0 aliphatic heterocycles. The first-order valence-corrected chi connectivity index (χ1v) is 8.71. The molecule has 2 N–H and O–H groups in total. The summed E-state index contributed by atoms with van der Waals surface area (Å²) in [6, 6.07) is 18.9. The second-order valence-corrected chi connectivity index (χ2v) is 6.47. The second kappa shape index (κ2) is 8.27. The van der Waals surface area contributed by atoms with E-state index in [0.29, 0.717) is 12.2 Å². The van der Waals surface area contributed by atoms with Gasteiger partial charge in [-0.05, 0) is 18.1 Å². The van der Waals surface area contributed by atoms with Gasteiger partial charge in [0.15, 0.2) is 5.82 Å². The SMILES string of the molecule is CC(C)CC(=O)NNC(=O)c1nc(-c2ccccc2)n(-c2ccccc2)n1. The number of carbonyl (C=O) groups is 2. The van der Waals surface area contributed by atoms with E-state index in [1.807, 2.05) is 74.5 Å². The Hall–Kier alpha value is -3.48. The number of hydrogen-bond donors (Lipinski definition) is 2. The van der Waals surface area contributed by atoms with Gasteiger partial charge in [0.1, 0.15) is 0 Å². The lowest BCUT2D eigenvalue weighted by Gasteiger charge is -2.06. The minimum absolute atomic E-state index is 0.0254. The third-order valence-electron chi connectivity index (χ3n) is 3.75. The summed E-state index contributed by atoms with van der Waals surface area (Å²) in [5, 5.41) is 4.34. The highest BCUT2D eigenvalue weighted by atomic mass is 16.2. The van der Waals surface area contributed by atoms with Gasteiger partial charge in [-0.25, -0.2) is 9.67 Å². The van der Waals surface area contributed by atoms with Crippen LogP contribution in [0, 0.1) is 5.92 Å². The van der Waals surface area contributed by atoms with Gasteiger partial charge in [-0.1, -0.05) is 62.4 Å². The topological polar surface area (TPSA) is 88.9 Å². The van der Waals surface area contributed by atoms with Crippen molar-refractivity contribution in [2.75, 3.05) is 0 Å². The van der Waals surface area contributed by atoms with Gasteiger partial charge in [0.05, 0.1) is 5.69 Å². The van der Waals surface area contributed by atoms with Crippen molar-refractivity contribution in [2.24, 2.45) is 5.92 Å². The van der Waals surface area contributed by atoms with E-state index >= 15 is 0 Å². The highest BCUT2D eigenvalue weighted by molar-refractivity contribution is 5.92. The van der Waals surface area contributed by atoms with Crippen molar-refractivity contribution < 1.29 is 9.59 Å². The monoisotopic (exact) mass is 363 g/mol. The maximum absolute atomic E-state index is 12.4. The summed E-state index contributed by atoms with van der Waals surface area (Å²) >= 11 is 0. The minimum atomic E-state index is -0.570. The highest BCUT2D eigenvalue weighted by Crippen LogP contribution is 2.20. The molecule has 3 rings (SSSR count).